The molecule has 6 heteroatoms. The molecule has 140 valence electrons. The van der Waals surface area contributed by atoms with Gasteiger partial charge >= 0.3 is 5.97 Å². The van der Waals surface area contributed by atoms with Gasteiger partial charge in [-0.1, -0.05) is 48.5 Å². The van der Waals surface area contributed by atoms with Crippen molar-refractivity contribution < 1.29 is 19.1 Å². The van der Waals surface area contributed by atoms with Crippen LogP contribution < -0.4 is 5.32 Å². The summed E-state index contributed by atoms with van der Waals surface area (Å²) >= 11 is 0. The average Bonchev–Trinajstić information content (AvgIpc) is 3.11. The molecule has 0 fully saturated rings. The number of esters is 1. The van der Waals surface area contributed by atoms with Gasteiger partial charge < -0.3 is 14.8 Å². The molecular weight excluding hydrogens is 344 g/mol. The van der Waals surface area contributed by atoms with Crippen molar-refractivity contribution >= 4 is 17.8 Å². The summed E-state index contributed by atoms with van der Waals surface area (Å²) < 4.78 is 10.9. The fourth-order valence-corrected chi connectivity index (χ4v) is 2.61. The predicted molar refractivity (Wildman–Crippen MR) is 101 cm³/mol. The van der Waals surface area contributed by atoms with Gasteiger partial charge in [-0.2, -0.15) is 0 Å². The maximum Gasteiger partial charge on any atom is 0.328 e. The number of nitrogens with one attached hydrogen (secondary N) is 1. The lowest BCUT2D eigenvalue weighted by atomic mass is 10.0. The van der Waals surface area contributed by atoms with Crippen molar-refractivity contribution in [2.45, 2.75) is 32.0 Å². The van der Waals surface area contributed by atoms with Crippen molar-refractivity contribution in [1.29, 1.82) is 0 Å². The Hall–Kier alpha value is -3.15. The Morgan fingerprint density at radius 2 is 1.78 bits per heavy atom. The first kappa shape index (κ1) is 18.6. The van der Waals surface area contributed by atoms with E-state index in [9.17, 15) is 9.59 Å². The van der Waals surface area contributed by atoms with E-state index in [1.807, 2.05) is 60.7 Å². The van der Waals surface area contributed by atoms with E-state index >= 15 is 0 Å². The molecule has 2 aromatic carbocycles. The Labute approximate surface area is 158 Å². The summed E-state index contributed by atoms with van der Waals surface area (Å²) in [6.07, 6.45) is 0. The summed E-state index contributed by atoms with van der Waals surface area (Å²) in [5.41, 5.74) is 0.612. The van der Waals surface area contributed by atoms with E-state index in [1.165, 1.54) is 0 Å². The minimum atomic E-state index is -1.08. The lowest BCUT2D eigenvalue weighted by Gasteiger charge is -2.20. The van der Waals surface area contributed by atoms with Crippen LogP contribution in [0, 0.1) is 0 Å². The second kappa shape index (κ2) is 8.03. The number of ether oxygens (including phenoxy) is 2. The summed E-state index contributed by atoms with van der Waals surface area (Å²) in [5, 5.41) is 2.67. The molecule has 0 spiro atoms. The molecule has 1 aliphatic rings. The van der Waals surface area contributed by atoms with Gasteiger partial charge in [0, 0.05) is 5.56 Å². The highest BCUT2D eigenvalue weighted by Gasteiger charge is 2.40. The molecule has 0 saturated heterocycles. The van der Waals surface area contributed by atoms with E-state index in [1.54, 1.807) is 13.8 Å². The van der Waals surface area contributed by atoms with Gasteiger partial charge in [-0.15, -0.1) is 0 Å². The lowest BCUT2D eigenvalue weighted by molar-refractivity contribution is -0.149. The standard InChI is InChI=1S/C21H22N2O4/c1-15(19(24)26-13-16-9-5-3-6-10-16)22-20(25)21(2)14-27-18(23-21)17-11-7-4-8-12-17/h3-12,15H,13-14H2,1-2H3,(H,22,25)/t15-,21-/m0/s1. The van der Waals surface area contributed by atoms with Crippen LogP contribution in [0.15, 0.2) is 65.7 Å². The van der Waals surface area contributed by atoms with E-state index in [-0.39, 0.29) is 19.1 Å². The molecule has 0 bridgehead atoms. The Morgan fingerprint density at radius 3 is 2.44 bits per heavy atom. The fourth-order valence-electron chi connectivity index (χ4n) is 2.61. The van der Waals surface area contributed by atoms with Gasteiger partial charge in [0.15, 0.2) is 5.54 Å². The van der Waals surface area contributed by atoms with Crippen LogP contribution in [0.5, 0.6) is 0 Å². The molecule has 0 unspecified atom stereocenters. The first-order chi connectivity index (χ1) is 13.0. The van der Waals surface area contributed by atoms with E-state index in [4.69, 9.17) is 9.47 Å². The van der Waals surface area contributed by atoms with E-state index in [0.717, 1.165) is 11.1 Å². The zero-order valence-electron chi connectivity index (χ0n) is 15.3. The van der Waals surface area contributed by atoms with Crippen LogP contribution in [-0.4, -0.2) is 36.0 Å². The smallest absolute Gasteiger partial charge is 0.328 e. The zero-order chi connectivity index (χ0) is 19.3. The topological polar surface area (TPSA) is 77.0 Å². The van der Waals surface area contributed by atoms with Crippen molar-refractivity contribution in [2.75, 3.05) is 6.61 Å². The Kier molecular flexibility index (Phi) is 5.54. The Balaban J connectivity index is 1.57. The molecule has 1 aliphatic heterocycles. The van der Waals surface area contributed by atoms with Gasteiger partial charge in [0.2, 0.25) is 5.90 Å². The molecule has 2 aromatic rings. The molecule has 27 heavy (non-hydrogen) atoms. The number of carbonyl (C=O) groups excluding carboxylic acids is 2. The number of nitrogens with zero attached hydrogens (tertiary/aromatic N) is 1. The highest BCUT2D eigenvalue weighted by molar-refractivity contribution is 6.00. The minimum Gasteiger partial charge on any atom is -0.474 e. The Bertz CT molecular complexity index is 836. The predicted octanol–water partition coefficient (Wildman–Crippen LogP) is 2.47. The first-order valence-electron chi connectivity index (χ1n) is 8.77. The molecule has 2 atom stereocenters. The summed E-state index contributed by atoms with van der Waals surface area (Å²) in [6.45, 7) is 3.55. The number of aliphatic imine (C=N–C) groups is 1. The van der Waals surface area contributed by atoms with Gasteiger partial charge in [-0.05, 0) is 31.5 Å². The molecular formula is C21H22N2O4. The van der Waals surface area contributed by atoms with Crippen LogP contribution >= 0.6 is 0 Å². The van der Waals surface area contributed by atoms with Gasteiger partial charge in [0.05, 0.1) is 0 Å². The average molecular weight is 366 g/mol. The largest absolute Gasteiger partial charge is 0.474 e. The van der Waals surface area contributed by atoms with Crippen LogP contribution in [0.2, 0.25) is 0 Å². The number of hydrogen-bond acceptors (Lipinski definition) is 5. The third-order valence-corrected chi connectivity index (χ3v) is 4.27. The highest BCUT2D eigenvalue weighted by Crippen LogP contribution is 2.22. The van der Waals surface area contributed by atoms with Crippen molar-refractivity contribution in [3.05, 3.63) is 71.8 Å². The van der Waals surface area contributed by atoms with Crippen molar-refractivity contribution in [2.24, 2.45) is 4.99 Å². The third kappa shape index (κ3) is 4.53. The quantitative estimate of drug-likeness (QED) is 0.797. The maximum absolute atomic E-state index is 12.6. The minimum absolute atomic E-state index is 0.120. The number of hydrogen-bond donors (Lipinski definition) is 1. The maximum atomic E-state index is 12.6. The molecule has 0 aromatic heterocycles. The number of benzene rings is 2. The molecule has 0 aliphatic carbocycles. The molecule has 1 amide bonds. The van der Waals surface area contributed by atoms with Crippen molar-refractivity contribution in [3.63, 3.8) is 0 Å². The van der Waals surface area contributed by atoms with Gasteiger partial charge in [0.25, 0.3) is 5.91 Å². The highest BCUT2D eigenvalue weighted by atomic mass is 16.5. The summed E-state index contributed by atoms with van der Waals surface area (Å²) in [7, 11) is 0. The van der Waals surface area contributed by atoms with Gasteiger partial charge in [-0.3, -0.25) is 4.79 Å². The first-order valence-corrected chi connectivity index (χ1v) is 8.77. The molecule has 0 saturated carbocycles. The normalized spacial score (nSPS) is 19.6. The zero-order valence-corrected chi connectivity index (χ0v) is 15.3. The number of rotatable bonds is 6. The summed E-state index contributed by atoms with van der Waals surface area (Å²) in [6, 6.07) is 18.0. The van der Waals surface area contributed by atoms with E-state index < -0.39 is 17.6 Å². The van der Waals surface area contributed by atoms with E-state index in [0.29, 0.717) is 5.90 Å². The van der Waals surface area contributed by atoms with Crippen LogP contribution in [0.1, 0.15) is 25.0 Å². The van der Waals surface area contributed by atoms with Gasteiger partial charge in [-0.25, -0.2) is 9.79 Å². The molecule has 1 heterocycles. The third-order valence-electron chi connectivity index (χ3n) is 4.27. The van der Waals surface area contributed by atoms with Crippen LogP contribution in [0.3, 0.4) is 0 Å². The number of carbonyl (C=O) groups is 2. The van der Waals surface area contributed by atoms with Crippen molar-refractivity contribution in [1.82, 2.24) is 5.32 Å². The monoisotopic (exact) mass is 366 g/mol. The Morgan fingerprint density at radius 1 is 1.15 bits per heavy atom. The van der Waals surface area contributed by atoms with Gasteiger partial charge in [0.1, 0.15) is 19.3 Å². The fraction of sp³-hybridized carbons (Fsp3) is 0.286. The molecule has 0 radical (unpaired) electrons. The summed E-state index contributed by atoms with van der Waals surface area (Å²) in [4.78, 5) is 29.2. The van der Waals surface area contributed by atoms with E-state index in [2.05, 4.69) is 10.3 Å². The second-order valence-electron chi connectivity index (χ2n) is 6.63. The van der Waals surface area contributed by atoms with Crippen molar-refractivity contribution in [3.8, 4) is 0 Å². The lowest BCUT2D eigenvalue weighted by Crippen LogP contribution is -2.50. The molecule has 6 nitrogen and oxygen atoms in total. The second-order valence-corrected chi connectivity index (χ2v) is 6.63. The van der Waals surface area contributed by atoms with Crippen LogP contribution in [0.25, 0.3) is 0 Å². The molecule has 3 rings (SSSR count). The number of amides is 1. The molecule has 1 N–H and O–H groups in total. The SMILES string of the molecule is C[C@H](NC(=O)[C@]1(C)COC(c2ccccc2)=N1)C(=O)OCc1ccccc1. The van der Waals surface area contributed by atoms with Crippen LogP contribution in [-0.2, 0) is 25.7 Å². The summed E-state index contributed by atoms with van der Waals surface area (Å²) in [5.74, 6) is -0.452. The van der Waals surface area contributed by atoms with Crippen LogP contribution in [0.4, 0.5) is 0 Å².